The van der Waals surface area contributed by atoms with Gasteiger partial charge in [-0.25, -0.2) is 0 Å². The van der Waals surface area contributed by atoms with Gasteiger partial charge < -0.3 is 5.73 Å². The van der Waals surface area contributed by atoms with E-state index in [-0.39, 0.29) is 0 Å². The fourth-order valence-corrected chi connectivity index (χ4v) is 1.56. The maximum atomic E-state index is 5.68. The summed E-state index contributed by atoms with van der Waals surface area (Å²) in [5, 5.41) is 0. The lowest BCUT2D eigenvalue weighted by Gasteiger charge is -2.09. The lowest BCUT2D eigenvalue weighted by atomic mass is 9.98. The third kappa shape index (κ3) is 5.34. The predicted molar refractivity (Wildman–Crippen MR) is 75.4 cm³/mol. The quantitative estimate of drug-likeness (QED) is 0.746. The van der Waals surface area contributed by atoms with Crippen molar-refractivity contribution in [1.82, 2.24) is 0 Å². The van der Waals surface area contributed by atoms with E-state index in [1.54, 1.807) is 0 Å². The number of allylic oxidation sites excluding steroid dienone is 2. The maximum Gasteiger partial charge on any atom is 0.0395 e. The van der Waals surface area contributed by atoms with Crippen LogP contribution in [0.15, 0.2) is 47.1 Å². The van der Waals surface area contributed by atoms with E-state index in [1.165, 1.54) is 5.56 Å². The van der Waals surface area contributed by atoms with Gasteiger partial charge in [0.1, 0.15) is 0 Å². The normalized spacial score (nSPS) is 14.1. The highest BCUT2D eigenvalue weighted by atomic mass is 14.7. The molecule has 2 N–H and O–H groups in total. The molecule has 2 heteroatoms. The topological polar surface area (TPSA) is 38.4 Å². The molecule has 0 aliphatic rings. The first-order valence-corrected chi connectivity index (χ1v) is 6.23. The van der Waals surface area contributed by atoms with Crippen LogP contribution < -0.4 is 5.73 Å². The van der Waals surface area contributed by atoms with Crippen molar-refractivity contribution >= 4 is 6.21 Å². The number of hydrogen-bond acceptors (Lipinski definition) is 2. The first-order chi connectivity index (χ1) is 8.24. The number of hydrogen-bond donors (Lipinski definition) is 1. The highest BCUT2D eigenvalue weighted by molar-refractivity contribution is 5.71. The van der Waals surface area contributed by atoms with Crippen LogP contribution in [-0.2, 0) is 0 Å². The van der Waals surface area contributed by atoms with Gasteiger partial charge in [0.2, 0.25) is 0 Å². The zero-order valence-electron chi connectivity index (χ0n) is 10.8. The Morgan fingerprint density at radius 1 is 1.35 bits per heavy atom. The minimum absolute atomic E-state index is 0.556. The molecule has 0 fully saturated rings. The molecule has 1 rings (SSSR count). The smallest absolute Gasteiger partial charge is 0.0395 e. The molecule has 0 saturated heterocycles. The van der Waals surface area contributed by atoms with Gasteiger partial charge in [-0.1, -0.05) is 44.2 Å². The van der Waals surface area contributed by atoms with E-state index in [0.29, 0.717) is 5.92 Å². The number of rotatable bonds is 6. The summed E-state index contributed by atoms with van der Waals surface area (Å²) in [6, 6.07) is 10.6. The van der Waals surface area contributed by atoms with Crippen LogP contribution in [0.5, 0.6) is 0 Å². The van der Waals surface area contributed by atoms with Gasteiger partial charge in [-0.2, -0.15) is 0 Å². The molecule has 2 nitrogen and oxygen atoms in total. The molecular weight excluding hydrogens is 208 g/mol. The molecule has 1 atom stereocenters. The van der Waals surface area contributed by atoms with E-state index in [0.717, 1.165) is 25.1 Å². The minimum atomic E-state index is 0.556. The van der Waals surface area contributed by atoms with Crippen LogP contribution in [0.2, 0.25) is 0 Å². The van der Waals surface area contributed by atoms with E-state index in [9.17, 15) is 0 Å². The van der Waals surface area contributed by atoms with Crippen molar-refractivity contribution in [3.8, 4) is 0 Å². The maximum absolute atomic E-state index is 5.68. The molecule has 0 aromatic heterocycles. The molecular formula is C15H22N2. The summed E-state index contributed by atoms with van der Waals surface area (Å²) in [5.74, 6) is 0.556. The van der Waals surface area contributed by atoms with Crippen LogP contribution in [0.1, 0.15) is 38.2 Å². The van der Waals surface area contributed by atoms with E-state index < -0.39 is 0 Å². The second kappa shape index (κ2) is 7.66. The highest BCUT2D eigenvalue weighted by Crippen LogP contribution is 2.17. The first kappa shape index (κ1) is 13.5. The van der Waals surface area contributed by atoms with Crippen LogP contribution in [0.25, 0.3) is 0 Å². The van der Waals surface area contributed by atoms with Crippen LogP contribution in [0.3, 0.4) is 0 Å². The molecule has 0 radical (unpaired) electrons. The van der Waals surface area contributed by atoms with Crippen molar-refractivity contribution in [1.29, 1.82) is 0 Å². The van der Waals surface area contributed by atoms with Crippen molar-refractivity contribution in [3.05, 3.63) is 47.7 Å². The summed E-state index contributed by atoms with van der Waals surface area (Å²) in [6.07, 6.45) is 5.65. The molecule has 1 aromatic rings. The SMILES string of the molecule is CC/C(N)=C/C=NCCC(C)c1ccccc1. The average Bonchev–Trinajstić information content (AvgIpc) is 2.38. The number of nitrogens with zero attached hydrogens (tertiary/aromatic N) is 1. The Labute approximate surface area is 104 Å². The van der Waals surface area contributed by atoms with Crippen molar-refractivity contribution in [2.45, 2.75) is 32.6 Å². The van der Waals surface area contributed by atoms with Crippen molar-refractivity contribution < 1.29 is 0 Å². The predicted octanol–water partition coefficient (Wildman–Crippen LogP) is 3.50. The van der Waals surface area contributed by atoms with Gasteiger partial charge in [0.15, 0.2) is 0 Å². The van der Waals surface area contributed by atoms with E-state index in [2.05, 4.69) is 36.2 Å². The summed E-state index contributed by atoms with van der Waals surface area (Å²) in [7, 11) is 0. The lowest BCUT2D eigenvalue weighted by Crippen LogP contribution is -1.97. The van der Waals surface area contributed by atoms with Crippen LogP contribution >= 0.6 is 0 Å². The monoisotopic (exact) mass is 230 g/mol. The van der Waals surface area contributed by atoms with Gasteiger partial charge >= 0.3 is 0 Å². The van der Waals surface area contributed by atoms with Crippen molar-refractivity contribution in [2.75, 3.05) is 6.54 Å². The molecule has 1 unspecified atom stereocenters. The summed E-state index contributed by atoms with van der Waals surface area (Å²) >= 11 is 0. The zero-order valence-corrected chi connectivity index (χ0v) is 10.8. The molecule has 0 heterocycles. The minimum Gasteiger partial charge on any atom is -0.402 e. The van der Waals surface area contributed by atoms with E-state index in [1.807, 2.05) is 25.3 Å². The largest absolute Gasteiger partial charge is 0.402 e. The summed E-state index contributed by atoms with van der Waals surface area (Å²) in [4.78, 5) is 4.34. The second-order valence-electron chi connectivity index (χ2n) is 4.25. The average molecular weight is 230 g/mol. The van der Waals surface area contributed by atoms with E-state index in [4.69, 9.17) is 5.73 Å². The molecule has 92 valence electrons. The third-order valence-corrected chi connectivity index (χ3v) is 2.86. The first-order valence-electron chi connectivity index (χ1n) is 6.23. The number of nitrogens with two attached hydrogens (primary N) is 1. The summed E-state index contributed by atoms with van der Waals surface area (Å²) < 4.78 is 0. The van der Waals surface area contributed by atoms with Gasteiger partial charge in [-0.05, 0) is 30.4 Å². The molecule has 0 saturated carbocycles. The molecule has 0 amide bonds. The molecule has 1 aromatic carbocycles. The van der Waals surface area contributed by atoms with Gasteiger partial charge in [0, 0.05) is 18.5 Å². The van der Waals surface area contributed by atoms with E-state index >= 15 is 0 Å². The Bertz CT molecular complexity index is 366. The summed E-state index contributed by atoms with van der Waals surface area (Å²) in [5.41, 5.74) is 7.94. The number of benzene rings is 1. The fraction of sp³-hybridized carbons (Fsp3) is 0.400. The zero-order chi connectivity index (χ0) is 12.5. The van der Waals surface area contributed by atoms with Gasteiger partial charge in [0.25, 0.3) is 0 Å². The Morgan fingerprint density at radius 2 is 2.06 bits per heavy atom. The fourth-order valence-electron chi connectivity index (χ4n) is 1.56. The standard InChI is InChI=1S/C15H22N2/c1-3-15(16)10-12-17-11-9-13(2)14-7-5-4-6-8-14/h4-8,10,12-13H,3,9,11,16H2,1-2H3/b15-10-,17-12?. The van der Waals surface area contributed by atoms with Crippen LogP contribution in [-0.4, -0.2) is 12.8 Å². The van der Waals surface area contributed by atoms with Gasteiger partial charge in [-0.3, -0.25) is 4.99 Å². The lowest BCUT2D eigenvalue weighted by molar-refractivity contribution is 0.692. The Kier molecular flexibility index (Phi) is 6.08. The van der Waals surface area contributed by atoms with Gasteiger partial charge in [-0.15, -0.1) is 0 Å². The van der Waals surface area contributed by atoms with Gasteiger partial charge in [0.05, 0.1) is 0 Å². The van der Waals surface area contributed by atoms with Crippen molar-refractivity contribution in [3.63, 3.8) is 0 Å². The summed E-state index contributed by atoms with van der Waals surface area (Å²) in [6.45, 7) is 5.13. The third-order valence-electron chi connectivity index (χ3n) is 2.86. The molecule has 0 aliphatic carbocycles. The Morgan fingerprint density at radius 3 is 2.71 bits per heavy atom. The highest BCUT2D eigenvalue weighted by Gasteiger charge is 2.02. The van der Waals surface area contributed by atoms with Crippen LogP contribution in [0.4, 0.5) is 0 Å². The van der Waals surface area contributed by atoms with Crippen molar-refractivity contribution in [2.24, 2.45) is 10.7 Å². The second-order valence-corrected chi connectivity index (χ2v) is 4.25. The van der Waals surface area contributed by atoms with Crippen LogP contribution in [0, 0.1) is 0 Å². The Balaban J connectivity index is 2.32. The molecule has 17 heavy (non-hydrogen) atoms. The number of aliphatic imine (C=N–C) groups is 1. The molecule has 0 aliphatic heterocycles. The molecule has 0 spiro atoms. The Hall–Kier alpha value is -1.57. The molecule has 0 bridgehead atoms.